The lowest BCUT2D eigenvalue weighted by Crippen LogP contribution is -2.39. The van der Waals surface area contributed by atoms with Crippen molar-refractivity contribution in [3.05, 3.63) is 29.3 Å². The Morgan fingerprint density at radius 2 is 1.58 bits per heavy atom. The Bertz CT molecular complexity index is 722. The van der Waals surface area contributed by atoms with Crippen molar-refractivity contribution in [3.63, 3.8) is 0 Å². The molecule has 1 aliphatic heterocycles. The maximum Gasteiger partial charge on any atom is 0.244 e. The molecule has 1 aromatic rings. The van der Waals surface area contributed by atoms with Crippen LogP contribution in [-0.4, -0.2) is 29.2 Å². The zero-order valence-electron chi connectivity index (χ0n) is 15.5. The number of aryl methyl sites for hydroxylation is 2. The Kier molecular flexibility index (Phi) is 4.33. The highest BCUT2D eigenvalue weighted by Crippen LogP contribution is 2.56. The number of carbonyl (C=O) groups excluding carboxylic acids is 3. The van der Waals surface area contributed by atoms with Crippen LogP contribution in [0.4, 0.5) is 5.69 Å². The molecule has 5 heteroatoms. The van der Waals surface area contributed by atoms with Gasteiger partial charge in [-0.1, -0.05) is 32.0 Å². The standard InChI is InChI=1S/C21H26N2O3/c1-3-12-6-5-7-13(4-2)19(12)22-16(24)11-23-20(25)17-14-8-9-15(10-14)18(17)21(23)26/h5-7,14-15,17-18H,3-4,8-11H2,1-2H3,(H,22,24)/t14-,15+,17-,18+. The van der Waals surface area contributed by atoms with E-state index in [1.54, 1.807) is 0 Å². The number of carbonyl (C=O) groups is 3. The molecular weight excluding hydrogens is 328 g/mol. The molecule has 0 aromatic heterocycles. The number of imide groups is 1. The summed E-state index contributed by atoms with van der Waals surface area (Å²) in [5.41, 5.74) is 2.99. The van der Waals surface area contributed by atoms with Crippen LogP contribution in [0.2, 0.25) is 0 Å². The lowest BCUT2D eigenvalue weighted by atomic mass is 9.81. The van der Waals surface area contributed by atoms with Crippen LogP contribution in [0.1, 0.15) is 44.2 Å². The van der Waals surface area contributed by atoms with Crippen LogP contribution < -0.4 is 5.32 Å². The second kappa shape index (κ2) is 6.53. The maximum atomic E-state index is 12.7. The monoisotopic (exact) mass is 354 g/mol. The number of nitrogens with zero attached hydrogens (tertiary/aromatic N) is 1. The van der Waals surface area contributed by atoms with E-state index in [0.717, 1.165) is 48.9 Å². The van der Waals surface area contributed by atoms with Gasteiger partial charge in [0.05, 0.1) is 11.8 Å². The molecule has 5 nitrogen and oxygen atoms in total. The fraction of sp³-hybridized carbons (Fsp3) is 0.571. The number of para-hydroxylation sites is 1. The Hall–Kier alpha value is -2.17. The Morgan fingerprint density at radius 1 is 1.04 bits per heavy atom. The van der Waals surface area contributed by atoms with Gasteiger partial charge in [-0.15, -0.1) is 0 Å². The fourth-order valence-electron chi connectivity index (χ4n) is 5.35. The van der Waals surface area contributed by atoms with E-state index in [4.69, 9.17) is 0 Å². The van der Waals surface area contributed by atoms with E-state index in [1.165, 1.54) is 4.90 Å². The Labute approximate surface area is 154 Å². The third kappa shape index (κ3) is 2.56. The van der Waals surface area contributed by atoms with Gasteiger partial charge in [0.1, 0.15) is 6.54 Å². The Morgan fingerprint density at radius 3 is 2.08 bits per heavy atom. The number of likely N-dealkylation sites (tertiary alicyclic amines) is 1. The van der Waals surface area contributed by atoms with Gasteiger partial charge >= 0.3 is 0 Å². The van der Waals surface area contributed by atoms with Crippen molar-refractivity contribution in [2.45, 2.75) is 46.0 Å². The van der Waals surface area contributed by atoms with E-state index in [2.05, 4.69) is 19.2 Å². The van der Waals surface area contributed by atoms with Crippen molar-refractivity contribution in [1.82, 2.24) is 4.90 Å². The molecule has 1 heterocycles. The quantitative estimate of drug-likeness (QED) is 0.827. The minimum Gasteiger partial charge on any atom is -0.324 e. The smallest absolute Gasteiger partial charge is 0.244 e. The number of rotatable bonds is 5. The van der Waals surface area contributed by atoms with Gasteiger partial charge in [-0.05, 0) is 55.1 Å². The van der Waals surface area contributed by atoms with Crippen LogP contribution in [0.15, 0.2) is 18.2 Å². The number of nitrogens with one attached hydrogen (secondary N) is 1. The Balaban J connectivity index is 1.50. The SMILES string of the molecule is CCc1cccc(CC)c1NC(=O)CN1C(=O)[C@@H]2[C@@H]3CC[C@@H](C3)[C@@H]2C1=O. The molecule has 4 rings (SSSR count). The van der Waals surface area contributed by atoms with Crippen LogP contribution in [0.3, 0.4) is 0 Å². The van der Waals surface area contributed by atoms with Crippen LogP contribution >= 0.6 is 0 Å². The second-order valence-electron chi connectivity index (χ2n) is 7.85. The van der Waals surface area contributed by atoms with Gasteiger partial charge in [0, 0.05) is 5.69 Å². The van der Waals surface area contributed by atoms with Gasteiger partial charge in [-0.25, -0.2) is 0 Å². The summed E-state index contributed by atoms with van der Waals surface area (Å²) in [6.45, 7) is 3.94. The van der Waals surface area contributed by atoms with Gasteiger partial charge in [0.2, 0.25) is 17.7 Å². The maximum absolute atomic E-state index is 12.7. The first kappa shape index (κ1) is 17.3. The molecule has 1 saturated heterocycles. The summed E-state index contributed by atoms with van der Waals surface area (Å²) in [5.74, 6) is -0.159. The van der Waals surface area contributed by atoms with E-state index >= 15 is 0 Å². The number of amides is 3. The minimum atomic E-state index is -0.283. The first-order valence-corrected chi connectivity index (χ1v) is 9.81. The number of anilines is 1. The van der Waals surface area contributed by atoms with Crippen LogP contribution in [-0.2, 0) is 27.2 Å². The summed E-state index contributed by atoms with van der Waals surface area (Å²) in [4.78, 5) is 39.3. The lowest BCUT2D eigenvalue weighted by molar-refractivity contribution is -0.143. The topological polar surface area (TPSA) is 66.5 Å². The summed E-state index contributed by atoms with van der Waals surface area (Å²) in [6.07, 6.45) is 4.75. The summed E-state index contributed by atoms with van der Waals surface area (Å²) in [7, 11) is 0. The molecule has 2 aliphatic carbocycles. The van der Waals surface area contributed by atoms with E-state index in [9.17, 15) is 14.4 Å². The van der Waals surface area contributed by atoms with Gasteiger partial charge in [0.25, 0.3) is 0 Å². The zero-order valence-corrected chi connectivity index (χ0v) is 15.5. The zero-order chi connectivity index (χ0) is 18.4. The van der Waals surface area contributed by atoms with Crippen molar-refractivity contribution in [1.29, 1.82) is 0 Å². The van der Waals surface area contributed by atoms with Crippen LogP contribution in [0.25, 0.3) is 0 Å². The molecule has 2 saturated carbocycles. The first-order valence-electron chi connectivity index (χ1n) is 9.81. The molecule has 3 fully saturated rings. The molecular formula is C21H26N2O3. The van der Waals surface area contributed by atoms with Crippen LogP contribution in [0.5, 0.6) is 0 Å². The molecule has 26 heavy (non-hydrogen) atoms. The molecule has 1 aromatic carbocycles. The van der Waals surface area contributed by atoms with E-state index in [1.807, 2.05) is 18.2 Å². The number of benzene rings is 1. The molecule has 2 bridgehead atoms. The van der Waals surface area contributed by atoms with E-state index < -0.39 is 0 Å². The molecule has 4 atom stereocenters. The van der Waals surface area contributed by atoms with Gasteiger partial charge < -0.3 is 5.32 Å². The van der Waals surface area contributed by atoms with E-state index in [0.29, 0.717) is 11.8 Å². The third-order valence-electron chi connectivity index (χ3n) is 6.58. The average molecular weight is 354 g/mol. The van der Waals surface area contributed by atoms with Gasteiger partial charge in [-0.3, -0.25) is 19.3 Å². The molecule has 3 aliphatic rings. The highest BCUT2D eigenvalue weighted by molar-refractivity contribution is 6.09. The van der Waals surface area contributed by atoms with Gasteiger partial charge in [0.15, 0.2) is 0 Å². The minimum absolute atomic E-state index is 0.123. The number of fused-ring (bicyclic) bond motifs is 5. The van der Waals surface area contributed by atoms with Crippen molar-refractivity contribution >= 4 is 23.4 Å². The second-order valence-corrected chi connectivity index (χ2v) is 7.85. The highest BCUT2D eigenvalue weighted by Gasteiger charge is 2.60. The summed E-state index contributed by atoms with van der Waals surface area (Å²) < 4.78 is 0. The molecule has 0 radical (unpaired) electrons. The van der Waals surface area contributed by atoms with Gasteiger partial charge in [-0.2, -0.15) is 0 Å². The highest BCUT2D eigenvalue weighted by atomic mass is 16.2. The average Bonchev–Trinajstić information content (AvgIpc) is 3.32. The first-order chi connectivity index (χ1) is 12.5. The summed E-state index contributed by atoms with van der Waals surface area (Å²) in [6, 6.07) is 6.00. The van der Waals surface area contributed by atoms with Crippen LogP contribution in [0, 0.1) is 23.7 Å². The molecule has 3 amide bonds. The lowest BCUT2D eigenvalue weighted by Gasteiger charge is -2.19. The largest absolute Gasteiger partial charge is 0.324 e. The summed E-state index contributed by atoms with van der Waals surface area (Å²) >= 11 is 0. The normalized spacial score (nSPS) is 29.4. The van der Waals surface area contributed by atoms with Crippen molar-refractivity contribution in [3.8, 4) is 0 Å². The predicted molar refractivity (Wildman–Crippen MR) is 98.4 cm³/mol. The third-order valence-corrected chi connectivity index (χ3v) is 6.58. The molecule has 138 valence electrons. The van der Waals surface area contributed by atoms with Crippen molar-refractivity contribution < 1.29 is 14.4 Å². The van der Waals surface area contributed by atoms with E-state index in [-0.39, 0.29) is 36.1 Å². The molecule has 0 spiro atoms. The van der Waals surface area contributed by atoms with Crippen molar-refractivity contribution in [2.24, 2.45) is 23.7 Å². The van der Waals surface area contributed by atoms with Crippen molar-refractivity contribution in [2.75, 3.05) is 11.9 Å². The molecule has 1 N–H and O–H groups in total. The number of hydrogen-bond donors (Lipinski definition) is 1. The number of hydrogen-bond acceptors (Lipinski definition) is 3. The summed E-state index contributed by atoms with van der Waals surface area (Å²) in [5, 5.41) is 2.97. The molecule has 0 unspecified atom stereocenters. The fourth-order valence-corrected chi connectivity index (χ4v) is 5.35. The predicted octanol–water partition coefficient (Wildman–Crippen LogP) is 2.78.